The van der Waals surface area contributed by atoms with Gasteiger partial charge in [0.05, 0.1) is 11.7 Å². The molecule has 0 spiro atoms. The van der Waals surface area contributed by atoms with Crippen LogP contribution in [0.2, 0.25) is 0 Å². The van der Waals surface area contributed by atoms with Crippen molar-refractivity contribution in [3.8, 4) is 11.4 Å². The van der Waals surface area contributed by atoms with E-state index in [1.54, 1.807) is 0 Å². The molecule has 4 aromatic heterocycles. The van der Waals surface area contributed by atoms with Crippen LogP contribution in [0, 0.1) is 5.41 Å². The molecule has 2 aliphatic rings. The van der Waals surface area contributed by atoms with Crippen LogP contribution in [-0.4, -0.2) is 51.1 Å². The first-order valence-corrected chi connectivity index (χ1v) is 13.5. The molecule has 1 atom stereocenters. The predicted octanol–water partition coefficient (Wildman–Crippen LogP) is 5.81. The fourth-order valence-electron chi connectivity index (χ4n) is 6.47. The number of benzene rings is 1. The number of hydrogen-bond donors (Lipinski definition) is 2. The summed E-state index contributed by atoms with van der Waals surface area (Å²) in [7, 11) is 2.22. The monoisotopic (exact) mass is 491 g/mol. The second-order valence-corrected chi connectivity index (χ2v) is 11.5. The minimum absolute atomic E-state index is 0.120. The zero-order chi connectivity index (χ0) is 25.1. The smallest absolute Gasteiger partial charge is 0.163 e. The van der Waals surface area contributed by atoms with Gasteiger partial charge in [-0.3, -0.25) is 4.98 Å². The van der Waals surface area contributed by atoms with E-state index in [0.717, 1.165) is 64.2 Å². The van der Waals surface area contributed by atoms with Crippen LogP contribution in [0.15, 0.2) is 48.9 Å². The first-order valence-electron chi connectivity index (χ1n) is 13.5. The fourth-order valence-corrected chi connectivity index (χ4v) is 6.47. The van der Waals surface area contributed by atoms with E-state index in [1.807, 2.05) is 24.5 Å². The number of para-hydroxylation sites is 1. The topological polar surface area (TPSA) is 82.6 Å². The van der Waals surface area contributed by atoms with Crippen molar-refractivity contribution in [1.29, 1.82) is 0 Å². The highest BCUT2D eigenvalue weighted by Crippen LogP contribution is 2.43. The number of piperidine rings is 1. The van der Waals surface area contributed by atoms with Crippen molar-refractivity contribution in [2.24, 2.45) is 5.41 Å². The maximum atomic E-state index is 5.37. The molecule has 5 aromatic rings. The van der Waals surface area contributed by atoms with E-state index in [0.29, 0.717) is 12.0 Å². The molecule has 1 aromatic carbocycles. The zero-order valence-corrected chi connectivity index (χ0v) is 21.8. The van der Waals surface area contributed by atoms with Crippen LogP contribution in [-0.2, 0) is 0 Å². The lowest BCUT2D eigenvalue weighted by Gasteiger charge is -2.45. The lowest BCUT2D eigenvalue weighted by molar-refractivity contribution is 0.215. The van der Waals surface area contributed by atoms with Gasteiger partial charge in [-0.1, -0.05) is 38.5 Å². The quantitative estimate of drug-likeness (QED) is 0.330. The number of fused-ring (bicyclic) bond motifs is 4. The van der Waals surface area contributed by atoms with E-state index < -0.39 is 0 Å². The third-order valence-corrected chi connectivity index (χ3v) is 8.68. The van der Waals surface area contributed by atoms with Crippen LogP contribution in [0.3, 0.4) is 0 Å². The molecular formula is C30H33N7. The number of pyridine rings is 2. The standard InChI is InChI=1S/C30H33N7/c1-30(2)17-31-13-12-24(30)37(3)29-26-21(18-7-6-8-18)15-32-16-23(26)35-27(36-29)20-11-14-33-28-25(20)19-9-4-5-10-22(19)34-28/h4-5,9-11,14-16,18,24,31H,6-8,12-13,17H2,1-3H3,(H,33,34). The van der Waals surface area contributed by atoms with Gasteiger partial charge in [-0.2, -0.15) is 0 Å². The van der Waals surface area contributed by atoms with Gasteiger partial charge in [-0.05, 0) is 54.8 Å². The minimum Gasteiger partial charge on any atom is -0.355 e. The number of aromatic nitrogens is 5. The molecular weight excluding hydrogens is 458 g/mol. The molecule has 1 saturated carbocycles. The molecule has 1 unspecified atom stereocenters. The van der Waals surface area contributed by atoms with Gasteiger partial charge in [0.2, 0.25) is 0 Å². The normalized spacial score (nSPS) is 19.9. The van der Waals surface area contributed by atoms with Crippen molar-refractivity contribution in [2.45, 2.75) is 51.5 Å². The minimum atomic E-state index is 0.120. The van der Waals surface area contributed by atoms with Gasteiger partial charge in [0.25, 0.3) is 0 Å². The molecule has 7 heteroatoms. The van der Waals surface area contributed by atoms with Crippen molar-refractivity contribution < 1.29 is 0 Å². The largest absolute Gasteiger partial charge is 0.355 e. The van der Waals surface area contributed by atoms with Gasteiger partial charge in [0, 0.05) is 59.3 Å². The molecule has 0 radical (unpaired) electrons. The number of nitrogens with zero attached hydrogens (tertiary/aromatic N) is 5. The summed E-state index contributed by atoms with van der Waals surface area (Å²) >= 11 is 0. The predicted molar refractivity (Wildman–Crippen MR) is 150 cm³/mol. The van der Waals surface area contributed by atoms with Gasteiger partial charge in [0.15, 0.2) is 5.82 Å². The summed E-state index contributed by atoms with van der Waals surface area (Å²) in [4.78, 5) is 25.7. The highest BCUT2D eigenvalue weighted by Gasteiger charge is 2.37. The second kappa shape index (κ2) is 8.48. The molecule has 7 nitrogen and oxygen atoms in total. The number of H-pyrrole nitrogens is 1. The summed E-state index contributed by atoms with van der Waals surface area (Å²) in [6.07, 6.45) is 10.6. The number of hydrogen-bond acceptors (Lipinski definition) is 6. The Labute approximate surface area is 216 Å². The summed E-state index contributed by atoms with van der Waals surface area (Å²) in [6, 6.07) is 10.8. The molecule has 1 aliphatic heterocycles. The van der Waals surface area contributed by atoms with Gasteiger partial charge >= 0.3 is 0 Å². The van der Waals surface area contributed by atoms with Crippen molar-refractivity contribution in [3.63, 3.8) is 0 Å². The van der Waals surface area contributed by atoms with Crippen LogP contribution < -0.4 is 10.2 Å². The highest BCUT2D eigenvalue weighted by molar-refractivity contribution is 6.12. The van der Waals surface area contributed by atoms with E-state index in [1.165, 1.54) is 30.2 Å². The lowest BCUT2D eigenvalue weighted by Crippen LogP contribution is -2.53. The Morgan fingerprint density at radius 1 is 1.00 bits per heavy atom. The van der Waals surface area contributed by atoms with Gasteiger partial charge in [-0.15, -0.1) is 0 Å². The average molecular weight is 492 g/mol. The summed E-state index contributed by atoms with van der Waals surface area (Å²) in [6.45, 7) is 6.73. The van der Waals surface area contributed by atoms with E-state index in [2.05, 4.69) is 70.5 Å². The molecule has 1 saturated heterocycles. The van der Waals surface area contributed by atoms with E-state index in [-0.39, 0.29) is 5.41 Å². The number of anilines is 1. The molecule has 2 fully saturated rings. The molecule has 188 valence electrons. The van der Waals surface area contributed by atoms with Crippen LogP contribution in [0.1, 0.15) is 51.0 Å². The van der Waals surface area contributed by atoms with E-state index in [4.69, 9.17) is 9.97 Å². The van der Waals surface area contributed by atoms with Crippen LogP contribution >= 0.6 is 0 Å². The van der Waals surface area contributed by atoms with Crippen LogP contribution in [0.25, 0.3) is 44.2 Å². The molecule has 5 heterocycles. The molecule has 7 rings (SSSR count). The molecule has 2 N–H and O–H groups in total. The van der Waals surface area contributed by atoms with Gasteiger partial charge in [0.1, 0.15) is 11.5 Å². The Morgan fingerprint density at radius 3 is 2.68 bits per heavy atom. The van der Waals surface area contributed by atoms with Crippen molar-refractivity contribution in [3.05, 3.63) is 54.5 Å². The fraction of sp³-hybridized carbons (Fsp3) is 0.400. The Morgan fingerprint density at radius 2 is 1.86 bits per heavy atom. The number of nitrogens with one attached hydrogen (secondary N) is 2. The molecule has 37 heavy (non-hydrogen) atoms. The van der Waals surface area contributed by atoms with Crippen molar-refractivity contribution in [2.75, 3.05) is 25.0 Å². The van der Waals surface area contributed by atoms with Crippen LogP contribution in [0.5, 0.6) is 0 Å². The Hall–Kier alpha value is -3.58. The van der Waals surface area contributed by atoms with Gasteiger partial charge in [-0.25, -0.2) is 15.0 Å². The maximum absolute atomic E-state index is 5.37. The third kappa shape index (κ3) is 3.59. The van der Waals surface area contributed by atoms with Crippen LogP contribution in [0.4, 0.5) is 5.82 Å². The van der Waals surface area contributed by atoms with E-state index in [9.17, 15) is 0 Å². The van der Waals surface area contributed by atoms with E-state index >= 15 is 0 Å². The summed E-state index contributed by atoms with van der Waals surface area (Å²) in [5, 5.41) is 6.96. The zero-order valence-electron chi connectivity index (χ0n) is 21.8. The van der Waals surface area contributed by atoms with Gasteiger partial charge < -0.3 is 15.2 Å². The Kier molecular flexibility index (Phi) is 5.18. The summed E-state index contributed by atoms with van der Waals surface area (Å²) in [5.74, 6) is 2.29. The first-order chi connectivity index (χ1) is 18.0. The number of rotatable bonds is 4. The molecule has 0 bridgehead atoms. The molecule has 1 aliphatic carbocycles. The lowest BCUT2D eigenvalue weighted by atomic mass is 9.78. The summed E-state index contributed by atoms with van der Waals surface area (Å²) < 4.78 is 0. The average Bonchev–Trinajstić information content (AvgIpc) is 3.25. The first kappa shape index (κ1) is 22.6. The third-order valence-electron chi connectivity index (χ3n) is 8.68. The highest BCUT2D eigenvalue weighted by atomic mass is 15.2. The van der Waals surface area contributed by atoms with Crippen molar-refractivity contribution >= 4 is 38.7 Å². The van der Waals surface area contributed by atoms with Crippen molar-refractivity contribution in [1.82, 2.24) is 30.2 Å². The SMILES string of the molecule is CN(c1nc(-c2ccnc3[nH]c4ccccc4c23)nc2cncc(C3CCC3)c12)C1CCNCC1(C)C. The Bertz CT molecular complexity index is 1630. The number of aromatic amines is 1. The maximum Gasteiger partial charge on any atom is 0.163 e. The summed E-state index contributed by atoms with van der Waals surface area (Å²) in [5.41, 5.74) is 5.27. The molecule has 0 amide bonds. The second-order valence-electron chi connectivity index (χ2n) is 11.5. The Balaban J connectivity index is 1.49.